The van der Waals surface area contributed by atoms with Crippen LogP contribution in [0.3, 0.4) is 0 Å². The largest absolute Gasteiger partial charge is 0.324 e. The van der Waals surface area contributed by atoms with Gasteiger partial charge in [0.15, 0.2) is 0 Å². The molecule has 2 aromatic carbocycles. The first-order chi connectivity index (χ1) is 15.4. The van der Waals surface area contributed by atoms with Crippen molar-refractivity contribution in [2.24, 2.45) is 0 Å². The Balaban J connectivity index is 1.27. The minimum atomic E-state index is -3.36. The Kier molecular flexibility index (Phi) is 5.13. The van der Waals surface area contributed by atoms with E-state index in [1.807, 2.05) is 54.6 Å². The van der Waals surface area contributed by atoms with Crippen molar-refractivity contribution in [1.82, 2.24) is 15.1 Å². The number of para-hydroxylation sites is 1. The molecule has 3 heterocycles. The second-order valence-corrected chi connectivity index (χ2v) is 11.1. The van der Waals surface area contributed by atoms with Crippen LogP contribution in [0.25, 0.3) is 10.6 Å². The molecule has 1 N–H and O–H groups in total. The molecule has 1 saturated heterocycles. The van der Waals surface area contributed by atoms with Gasteiger partial charge in [0.2, 0.25) is 15.2 Å². The summed E-state index contributed by atoms with van der Waals surface area (Å²) in [4.78, 5) is 14.6. The highest BCUT2D eigenvalue weighted by Crippen LogP contribution is 2.47. The minimum absolute atomic E-state index is 0.207. The number of aromatic nitrogens is 2. The lowest BCUT2D eigenvalue weighted by atomic mass is 9.74. The number of hydrogen-bond acceptors (Lipinski definition) is 6. The first-order valence-corrected chi connectivity index (χ1v) is 13.0. The van der Waals surface area contributed by atoms with Crippen LogP contribution in [0.1, 0.15) is 18.4 Å². The van der Waals surface area contributed by atoms with Gasteiger partial charge in [-0.2, -0.15) is 0 Å². The maximum Gasteiger partial charge on any atom is 0.323 e. The third-order valence-electron chi connectivity index (χ3n) is 6.26. The van der Waals surface area contributed by atoms with E-state index in [0.29, 0.717) is 37.6 Å². The second kappa shape index (κ2) is 7.86. The van der Waals surface area contributed by atoms with Gasteiger partial charge in [0.25, 0.3) is 0 Å². The van der Waals surface area contributed by atoms with E-state index in [1.54, 1.807) is 4.90 Å². The Bertz CT molecular complexity index is 1250. The second-order valence-electron chi connectivity index (χ2n) is 8.26. The molecule has 0 atom stereocenters. The zero-order valence-electron chi connectivity index (χ0n) is 17.6. The van der Waals surface area contributed by atoms with Crippen molar-refractivity contribution in [2.45, 2.75) is 18.3 Å². The molecule has 166 valence electrons. The van der Waals surface area contributed by atoms with E-state index in [9.17, 15) is 13.2 Å². The number of rotatable bonds is 3. The fourth-order valence-electron chi connectivity index (χ4n) is 4.59. The summed E-state index contributed by atoms with van der Waals surface area (Å²) in [6, 6.07) is 17.2. The van der Waals surface area contributed by atoms with Crippen LogP contribution in [-0.4, -0.2) is 55.4 Å². The third-order valence-corrected chi connectivity index (χ3v) is 8.27. The summed E-state index contributed by atoms with van der Waals surface area (Å²) in [7, 11) is -3.36. The topological polar surface area (TPSA) is 95.5 Å². The smallest absolute Gasteiger partial charge is 0.323 e. The Morgan fingerprint density at radius 3 is 2.44 bits per heavy atom. The predicted molar refractivity (Wildman–Crippen MR) is 125 cm³/mol. The first-order valence-electron chi connectivity index (χ1n) is 10.4. The Hall–Kier alpha value is -2.98. The van der Waals surface area contributed by atoms with Gasteiger partial charge in [0.1, 0.15) is 5.01 Å². The van der Waals surface area contributed by atoms with Gasteiger partial charge in [-0.05, 0) is 24.5 Å². The number of fused-ring (bicyclic) bond motifs is 2. The molecule has 0 bridgehead atoms. The number of urea groups is 1. The first kappa shape index (κ1) is 20.9. The summed E-state index contributed by atoms with van der Waals surface area (Å²) in [5.74, 6) is 0. The van der Waals surface area contributed by atoms with Gasteiger partial charge in [-0.25, -0.2) is 13.2 Å². The molecule has 2 aliphatic heterocycles. The molecule has 3 aromatic rings. The predicted octanol–water partition coefficient (Wildman–Crippen LogP) is 3.55. The van der Waals surface area contributed by atoms with Gasteiger partial charge in [-0.3, -0.25) is 9.62 Å². The van der Waals surface area contributed by atoms with Crippen molar-refractivity contribution < 1.29 is 13.2 Å². The van der Waals surface area contributed by atoms with Crippen LogP contribution in [0.4, 0.5) is 15.6 Å². The number of piperidine rings is 1. The minimum Gasteiger partial charge on any atom is -0.324 e. The maximum atomic E-state index is 12.8. The van der Waals surface area contributed by atoms with Gasteiger partial charge in [-0.1, -0.05) is 59.9 Å². The van der Waals surface area contributed by atoms with Crippen molar-refractivity contribution in [1.29, 1.82) is 0 Å². The number of carbonyl (C=O) groups is 1. The number of amides is 2. The van der Waals surface area contributed by atoms with Crippen LogP contribution in [0.5, 0.6) is 0 Å². The SMILES string of the molecule is CS(=O)(=O)N1CC2(CCN(C(=O)Nc3nnc(-c4ccccc4)s3)CC2)c2ccccc21. The fourth-order valence-corrected chi connectivity index (χ4v) is 6.32. The summed E-state index contributed by atoms with van der Waals surface area (Å²) in [6.07, 6.45) is 2.65. The van der Waals surface area contributed by atoms with Crippen molar-refractivity contribution in [2.75, 3.05) is 35.5 Å². The summed E-state index contributed by atoms with van der Waals surface area (Å²) < 4.78 is 26.2. The molecule has 5 rings (SSSR count). The lowest BCUT2D eigenvalue weighted by Gasteiger charge is -2.39. The van der Waals surface area contributed by atoms with Gasteiger partial charge in [-0.15, -0.1) is 10.2 Å². The number of benzene rings is 2. The maximum absolute atomic E-state index is 12.8. The number of nitrogens with zero attached hydrogens (tertiary/aromatic N) is 4. The highest BCUT2D eigenvalue weighted by molar-refractivity contribution is 7.92. The molecule has 0 saturated carbocycles. The van der Waals surface area contributed by atoms with Crippen molar-refractivity contribution in [3.63, 3.8) is 0 Å². The molecule has 2 aliphatic rings. The van der Waals surface area contributed by atoms with Crippen LogP contribution >= 0.6 is 11.3 Å². The van der Waals surface area contributed by atoms with E-state index in [4.69, 9.17) is 0 Å². The Morgan fingerprint density at radius 2 is 1.72 bits per heavy atom. The van der Waals surface area contributed by atoms with Crippen LogP contribution < -0.4 is 9.62 Å². The quantitative estimate of drug-likeness (QED) is 0.633. The number of anilines is 2. The molecule has 32 heavy (non-hydrogen) atoms. The molecule has 0 aliphatic carbocycles. The number of carbonyl (C=O) groups excluding carboxylic acids is 1. The normalized spacial score (nSPS) is 17.4. The van der Waals surface area contributed by atoms with Crippen LogP contribution in [0.15, 0.2) is 54.6 Å². The lowest BCUT2D eigenvalue weighted by molar-refractivity contribution is 0.173. The molecule has 1 spiro atoms. The molecular formula is C22H23N5O3S2. The number of hydrogen-bond donors (Lipinski definition) is 1. The molecule has 10 heteroatoms. The van der Waals surface area contributed by atoms with E-state index in [0.717, 1.165) is 21.8 Å². The highest BCUT2D eigenvalue weighted by atomic mass is 32.2. The third kappa shape index (κ3) is 3.73. The lowest BCUT2D eigenvalue weighted by Crippen LogP contribution is -2.48. The van der Waals surface area contributed by atoms with E-state index < -0.39 is 10.0 Å². The van der Waals surface area contributed by atoms with E-state index in [1.165, 1.54) is 21.9 Å². The van der Waals surface area contributed by atoms with Crippen LogP contribution in [-0.2, 0) is 15.4 Å². The van der Waals surface area contributed by atoms with Gasteiger partial charge in [0.05, 0.1) is 11.9 Å². The molecule has 2 amide bonds. The summed E-state index contributed by atoms with van der Waals surface area (Å²) in [5.41, 5.74) is 2.51. The summed E-state index contributed by atoms with van der Waals surface area (Å²) in [5, 5.41) is 12.3. The van der Waals surface area contributed by atoms with Crippen molar-refractivity contribution in [3.8, 4) is 10.6 Å². The average molecular weight is 470 g/mol. The van der Waals surface area contributed by atoms with E-state index in [-0.39, 0.29) is 11.4 Å². The van der Waals surface area contributed by atoms with Crippen LogP contribution in [0.2, 0.25) is 0 Å². The van der Waals surface area contributed by atoms with Crippen molar-refractivity contribution in [3.05, 3.63) is 60.2 Å². The zero-order valence-corrected chi connectivity index (χ0v) is 19.2. The highest BCUT2D eigenvalue weighted by Gasteiger charge is 2.47. The van der Waals surface area contributed by atoms with Gasteiger partial charge >= 0.3 is 6.03 Å². The number of likely N-dealkylation sites (tertiary alicyclic amines) is 1. The molecule has 1 aromatic heterocycles. The molecule has 1 fully saturated rings. The molecule has 8 nitrogen and oxygen atoms in total. The van der Waals surface area contributed by atoms with E-state index in [2.05, 4.69) is 15.5 Å². The van der Waals surface area contributed by atoms with Crippen molar-refractivity contribution >= 4 is 38.2 Å². The summed E-state index contributed by atoms with van der Waals surface area (Å²) >= 11 is 1.34. The number of sulfonamides is 1. The van der Waals surface area contributed by atoms with Gasteiger partial charge in [0, 0.05) is 30.6 Å². The van der Waals surface area contributed by atoms with E-state index >= 15 is 0 Å². The Labute approximate surface area is 190 Å². The zero-order chi connectivity index (χ0) is 22.3. The number of nitrogens with one attached hydrogen (secondary N) is 1. The Morgan fingerprint density at radius 1 is 1.03 bits per heavy atom. The molecular weight excluding hydrogens is 446 g/mol. The van der Waals surface area contributed by atoms with Gasteiger partial charge < -0.3 is 4.90 Å². The molecule has 0 radical (unpaired) electrons. The molecule has 0 unspecified atom stereocenters. The monoisotopic (exact) mass is 469 g/mol. The summed E-state index contributed by atoms with van der Waals surface area (Å²) in [6.45, 7) is 1.52. The standard InChI is InChI=1S/C22H23N5O3S2/c1-32(29,30)27-15-22(17-9-5-6-10-18(17)27)11-13-26(14-12-22)21(28)23-20-25-24-19(31-20)16-7-3-2-4-8-16/h2-10H,11-15H2,1H3,(H,23,25,28). The fraction of sp³-hybridized carbons (Fsp3) is 0.318. The van der Waals surface area contributed by atoms with Crippen LogP contribution in [0, 0.1) is 0 Å². The average Bonchev–Trinajstić information content (AvgIpc) is 3.38.